The molecule has 32 heavy (non-hydrogen) atoms. The van der Waals surface area contributed by atoms with Crippen molar-refractivity contribution in [1.29, 1.82) is 0 Å². The van der Waals surface area contributed by atoms with Gasteiger partial charge in [0.2, 0.25) is 17.7 Å². The zero-order valence-electron chi connectivity index (χ0n) is 17.5. The van der Waals surface area contributed by atoms with Gasteiger partial charge in [-0.05, 0) is 60.2 Å². The molecule has 1 aliphatic heterocycles. The number of fused-ring (bicyclic) bond motifs is 5. The number of nitrogens with one attached hydrogen (secondary N) is 1. The molecule has 1 N–H and O–H groups in total. The minimum absolute atomic E-state index is 0.0117. The third kappa shape index (κ3) is 3.54. The Morgan fingerprint density at radius 1 is 1.09 bits per heavy atom. The second-order valence-corrected chi connectivity index (χ2v) is 9.51. The summed E-state index contributed by atoms with van der Waals surface area (Å²) in [5, 5.41) is 2.87. The van der Waals surface area contributed by atoms with Gasteiger partial charge in [0.1, 0.15) is 5.75 Å². The van der Waals surface area contributed by atoms with Crippen molar-refractivity contribution in [3.63, 3.8) is 0 Å². The van der Waals surface area contributed by atoms with Crippen LogP contribution in [0, 0.1) is 23.7 Å². The number of nitrogens with zero attached hydrogens (tertiary/aromatic N) is 1. The third-order valence-corrected chi connectivity index (χ3v) is 7.30. The molecule has 2 aromatic carbocycles. The Balaban J connectivity index is 1.42. The highest BCUT2D eigenvalue weighted by molar-refractivity contribution is 9.10. The number of methoxy groups -OCH3 is 1. The van der Waals surface area contributed by atoms with Gasteiger partial charge in [-0.15, -0.1) is 0 Å². The fraction of sp³-hybridized carbons (Fsp3) is 0.320. The van der Waals surface area contributed by atoms with Gasteiger partial charge in [0, 0.05) is 10.2 Å². The first-order valence-electron chi connectivity index (χ1n) is 10.7. The average Bonchev–Trinajstić information content (AvgIpc) is 3.47. The van der Waals surface area contributed by atoms with E-state index < -0.39 is 6.04 Å². The molecular weight excluding hydrogens is 472 g/mol. The third-order valence-electron chi connectivity index (χ3n) is 6.80. The number of amides is 3. The Kier molecular flexibility index (Phi) is 5.37. The summed E-state index contributed by atoms with van der Waals surface area (Å²) in [7, 11) is 1.58. The van der Waals surface area contributed by atoms with Crippen molar-refractivity contribution in [2.24, 2.45) is 23.7 Å². The summed E-state index contributed by atoms with van der Waals surface area (Å²) in [5.74, 6) is -0.214. The van der Waals surface area contributed by atoms with Crippen LogP contribution in [-0.4, -0.2) is 29.7 Å². The molecule has 1 saturated heterocycles. The van der Waals surface area contributed by atoms with Crippen molar-refractivity contribution >= 4 is 39.3 Å². The Morgan fingerprint density at radius 3 is 2.34 bits per heavy atom. The molecule has 164 valence electrons. The van der Waals surface area contributed by atoms with Crippen molar-refractivity contribution in [3.05, 3.63) is 70.7 Å². The van der Waals surface area contributed by atoms with E-state index in [0.717, 1.165) is 16.5 Å². The van der Waals surface area contributed by atoms with Gasteiger partial charge in [-0.1, -0.05) is 40.2 Å². The van der Waals surface area contributed by atoms with E-state index in [1.54, 1.807) is 31.4 Å². The Bertz CT molecular complexity index is 1080. The number of carbonyl (C=O) groups excluding carboxylic acids is 3. The normalized spacial score (nSPS) is 26.4. The molecule has 1 saturated carbocycles. The number of likely N-dealkylation sites (tertiary alicyclic amines) is 1. The summed E-state index contributed by atoms with van der Waals surface area (Å²) in [6, 6.07) is 13.8. The van der Waals surface area contributed by atoms with Crippen LogP contribution >= 0.6 is 15.9 Å². The second kappa shape index (κ2) is 8.20. The van der Waals surface area contributed by atoms with Gasteiger partial charge in [-0.25, -0.2) is 0 Å². The van der Waals surface area contributed by atoms with E-state index in [1.165, 1.54) is 4.90 Å². The van der Waals surface area contributed by atoms with Crippen LogP contribution in [0.1, 0.15) is 24.4 Å². The van der Waals surface area contributed by atoms with Crippen molar-refractivity contribution in [2.45, 2.75) is 18.9 Å². The number of hydrogen-bond donors (Lipinski definition) is 1. The fourth-order valence-electron chi connectivity index (χ4n) is 5.37. The van der Waals surface area contributed by atoms with Crippen molar-refractivity contribution in [3.8, 4) is 5.75 Å². The predicted octanol–water partition coefficient (Wildman–Crippen LogP) is 4.33. The lowest BCUT2D eigenvalue weighted by molar-refractivity contribution is -0.144. The molecule has 2 bridgehead atoms. The van der Waals surface area contributed by atoms with Gasteiger partial charge >= 0.3 is 0 Å². The minimum Gasteiger partial charge on any atom is -0.497 e. The zero-order chi connectivity index (χ0) is 22.4. The Morgan fingerprint density at radius 2 is 1.75 bits per heavy atom. The molecule has 1 heterocycles. The molecule has 2 aliphatic carbocycles. The largest absolute Gasteiger partial charge is 0.497 e. The van der Waals surface area contributed by atoms with Crippen LogP contribution in [0.5, 0.6) is 5.75 Å². The SMILES string of the molecule is COc1ccc(NC(=O)CC(c2cccc(Br)c2)N2C(=O)C3C4C=CC(C4)C3C2=O)cc1. The van der Waals surface area contributed by atoms with Gasteiger partial charge in [-0.3, -0.25) is 19.3 Å². The molecule has 2 fully saturated rings. The maximum Gasteiger partial charge on any atom is 0.234 e. The zero-order valence-corrected chi connectivity index (χ0v) is 19.1. The lowest BCUT2D eigenvalue weighted by Crippen LogP contribution is -2.38. The number of allylic oxidation sites excluding steroid dienone is 2. The van der Waals surface area contributed by atoms with E-state index in [0.29, 0.717) is 11.4 Å². The van der Waals surface area contributed by atoms with E-state index in [4.69, 9.17) is 4.74 Å². The summed E-state index contributed by atoms with van der Waals surface area (Å²) in [6.07, 6.45) is 5.01. The molecule has 2 aromatic rings. The molecule has 7 heteroatoms. The highest BCUT2D eigenvalue weighted by atomic mass is 79.9. The highest BCUT2D eigenvalue weighted by Crippen LogP contribution is 2.54. The lowest BCUT2D eigenvalue weighted by atomic mass is 9.85. The summed E-state index contributed by atoms with van der Waals surface area (Å²) in [5.41, 5.74) is 1.38. The van der Waals surface area contributed by atoms with Gasteiger partial charge in [0.05, 0.1) is 31.4 Å². The molecule has 6 nitrogen and oxygen atoms in total. The predicted molar refractivity (Wildman–Crippen MR) is 123 cm³/mol. The lowest BCUT2D eigenvalue weighted by Gasteiger charge is -2.28. The summed E-state index contributed by atoms with van der Waals surface area (Å²) in [4.78, 5) is 41.2. The van der Waals surface area contributed by atoms with Crippen LogP contribution in [0.2, 0.25) is 0 Å². The molecule has 0 spiro atoms. The van der Waals surface area contributed by atoms with Crippen LogP contribution in [0.15, 0.2) is 65.2 Å². The molecule has 0 aromatic heterocycles. The van der Waals surface area contributed by atoms with Gasteiger partial charge < -0.3 is 10.1 Å². The first-order valence-corrected chi connectivity index (χ1v) is 11.5. The number of imide groups is 1. The summed E-state index contributed by atoms with van der Waals surface area (Å²) >= 11 is 3.47. The number of rotatable bonds is 6. The fourth-order valence-corrected chi connectivity index (χ4v) is 5.78. The van der Waals surface area contributed by atoms with E-state index in [9.17, 15) is 14.4 Å². The number of hydrogen-bond acceptors (Lipinski definition) is 4. The van der Waals surface area contributed by atoms with E-state index in [1.807, 2.05) is 24.3 Å². The monoisotopic (exact) mass is 494 g/mol. The minimum atomic E-state index is -0.657. The molecular formula is C25H23BrN2O4. The summed E-state index contributed by atoms with van der Waals surface area (Å²) < 4.78 is 5.98. The van der Waals surface area contributed by atoms with Crippen molar-refractivity contribution < 1.29 is 19.1 Å². The first kappa shape index (κ1) is 20.9. The van der Waals surface area contributed by atoms with E-state index in [2.05, 4.69) is 33.4 Å². The van der Waals surface area contributed by atoms with E-state index in [-0.39, 0.29) is 47.8 Å². The first-order chi connectivity index (χ1) is 15.5. The van der Waals surface area contributed by atoms with Gasteiger partial charge in [0.15, 0.2) is 0 Å². The molecule has 5 atom stereocenters. The van der Waals surface area contributed by atoms with Crippen LogP contribution in [-0.2, 0) is 14.4 Å². The molecule has 5 unspecified atom stereocenters. The Hall–Kier alpha value is -2.93. The standard InChI is InChI=1S/C25H23BrN2O4/c1-32-19-9-7-18(8-10-19)27-21(29)13-20(14-3-2-4-17(26)12-14)28-24(30)22-15-5-6-16(11-15)23(22)25(28)31/h2-10,12,15-16,20,22-23H,11,13H2,1H3,(H,27,29). The topological polar surface area (TPSA) is 75.7 Å². The molecule has 3 amide bonds. The highest BCUT2D eigenvalue weighted by Gasteiger charge is 2.60. The summed E-state index contributed by atoms with van der Waals surface area (Å²) in [6.45, 7) is 0. The number of benzene rings is 2. The van der Waals surface area contributed by atoms with Crippen LogP contribution in [0.25, 0.3) is 0 Å². The maximum absolute atomic E-state index is 13.4. The van der Waals surface area contributed by atoms with E-state index >= 15 is 0 Å². The quantitative estimate of drug-likeness (QED) is 0.478. The molecule has 0 radical (unpaired) electrons. The van der Waals surface area contributed by atoms with Crippen LogP contribution < -0.4 is 10.1 Å². The smallest absolute Gasteiger partial charge is 0.234 e. The second-order valence-electron chi connectivity index (χ2n) is 8.60. The average molecular weight is 495 g/mol. The van der Waals surface area contributed by atoms with Gasteiger partial charge in [-0.2, -0.15) is 0 Å². The van der Waals surface area contributed by atoms with Crippen LogP contribution in [0.4, 0.5) is 5.69 Å². The van der Waals surface area contributed by atoms with Crippen molar-refractivity contribution in [2.75, 3.05) is 12.4 Å². The Labute approximate surface area is 194 Å². The number of anilines is 1. The number of ether oxygens (including phenoxy) is 1. The molecule has 3 aliphatic rings. The maximum atomic E-state index is 13.4. The van der Waals surface area contributed by atoms with Crippen LogP contribution in [0.3, 0.4) is 0 Å². The number of carbonyl (C=O) groups is 3. The number of halogens is 1. The van der Waals surface area contributed by atoms with Crippen molar-refractivity contribution in [1.82, 2.24) is 4.90 Å². The molecule has 5 rings (SSSR count). The van der Waals surface area contributed by atoms with Gasteiger partial charge in [0.25, 0.3) is 0 Å².